The Bertz CT molecular complexity index is 821. The highest BCUT2D eigenvalue weighted by Gasteiger charge is 2.12. The summed E-state index contributed by atoms with van der Waals surface area (Å²) in [6, 6.07) is 14.3. The van der Waals surface area contributed by atoms with Crippen LogP contribution in [0.15, 0.2) is 70.4 Å². The maximum absolute atomic E-state index is 12.1. The fraction of sp³-hybridized carbons (Fsp3) is 0.125. The normalized spacial score (nSPS) is 11.6. The van der Waals surface area contributed by atoms with Gasteiger partial charge in [-0.2, -0.15) is 0 Å². The third-order valence-electron chi connectivity index (χ3n) is 3.18. The second-order valence-electron chi connectivity index (χ2n) is 4.74. The molecular weight excluding hydrogens is 318 g/mol. The van der Waals surface area contributed by atoms with Gasteiger partial charge < -0.3 is 4.42 Å². The summed E-state index contributed by atoms with van der Waals surface area (Å²) in [5.41, 5.74) is 1.04. The van der Waals surface area contributed by atoms with E-state index in [4.69, 9.17) is 4.42 Å². The van der Waals surface area contributed by atoms with E-state index >= 15 is 0 Å². The van der Waals surface area contributed by atoms with Crippen LogP contribution in [-0.4, -0.2) is 15.0 Å². The summed E-state index contributed by atoms with van der Waals surface area (Å²) in [5, 5.41) is 0. The molecule has 0 amide bonds. The highest BCUT2D eigenvalue weighted by atomic mass is 32.2. The molecule has 4 nitrogen and oxygen atoms in total. The first-order valence-electron chi connectivity index (χ1n) is 6.81. The molecule has 1 aromatic carbocycles. The lowest BCUT2D eigenvalue weighted by atomic mass is 10.3. The van der Waals surface area contributed by atoms with Gasteiger partial charge in [0, 0.05) is 21.9 Å². The second kappa shape index (κ2) is 6.48. The number of rotatable bonds is 6. The third-order valence-corrected chi connectivity index (χ3v) is 5.86. The molecule has 0 aliphatic rings. The van der Waals surface area contributed by atoms with Crippen molar-refractivity contribution in [1.29, 1.82) is 0 Å². The van der Waals surface area contributed by atoms with Crippen LogP contribution in [0.25, 0.3) is 10.4 Å². The summed E-state index contributed by atoms with van der Waals surface area (Å²) >= 11 is 1.64. The Balaban J connectivity index is 1.60. The van der Waals surface area contributed by atoms with Crippen LogP contribution in [0.4, 0.5) is 0 Å². The summed E-state index contributed by atoms with van der Waals surface area (Å²) in [6.45, 7) is 0.378. The molecule has 0 aliphatic carbocycles. The van der Waals surface area contributed by atoms with Crippen LogP contribution in [-0.2, 0) is 16.4 Å². The van der Waals surface area contributed by atoms with Gasteiger partial charge in [0.2, 0.25) is 10.0 Å². The fourth-order valence-corrected chi connectivity index (χ4v) is 4.11. The van der Waals surface area contributed by atoms with E-state index in [-0.39, 0.29) is 0 Å². The lowest BCUT2D eigenvalue weighted by Gasteiger charge is -2.05. The van der Waals surface area contributed by atoms with Crippen LogP contribution in [0.1, 0.15) is 4.88 Å². The van der Waals surface area contributed by atoms with Gasteiger partial charge in [0.15, 0.2) is 0 Å². The molecule has 0 aliphatic heterocycles. The first-order chi connectivity index (χ1) is 10.6. The molecule has 0 radical (unpaired) electrons. The van der Waals surface area contributed by atoms with Crippen LogP contribution in [0, 0.1) is 0 Å². The predicted octanol–water partition coefficient (Wildman–Crippen LogP) is 3.53. The van der Waals surface area contributed by atoms with Gasteiger partial charge in [-0.1, -0.05) is 18.2 Å². The molecule has 1 N–H and O–H groups in total. The fourth-order valence-electron chi connectivity index (χ4n) is 2.06. The third kappa shape index (κ3) is 3.47. The summed E-state index contributed by atoms with van der Waals surface area (Å²) < 4.78 is 31.9. The smallest absolute Gasteiger partial charge is 0.240 e. The average Bonchev–Trinajstić information content (AvgIpc) is 3.19. The van der Waals surface area contributed by atoms with Gasteiger partial charge in [-0.15, -0.1) is 11.3 Å². The van der Waals surface area contributed by atoms with Crippen molar-refractivity contribution in [3.05, 3.63) is 65.9 Å². The predicted molar refractivity (Wildman–Crippen MR) is 87.4 cm³/mol. The van der Waals surface area contributed by atoms with Gasteiger partial charge >= 0.3 is 0 Å². The van der Waals surface area contributed by atoms with Crippen molar-refractivity contribution in [3.63, 3.8) is 0 Å². The SMILES string of the molecule is O=S(=O)(NCCc1ccc(-c2ccoc2)s1)c1ccccc1. The van der Waals surface area contributed by atoms with Crippen LogP contribution in [0.5, 0.6) is 0 Å². The second-order valence-corrected chi connectivity index (χ2v) is 7.67. The number of hydrogen-bond acceptors (Lipinski definition) is 4. The molecule has 0 fully saturated rings. The molecule has 2 aromatic heterocycles. The molecule has 0 bridgehead atoms. The van der Waals surface area contributed by atoms with Gasteiger partial charge in [-0.05, 0) is 36.8 Å². The van der Waals surface area contributed by atoms with E-state index in [0.717, 1.165) is 15.3 Å². The standard InChI is InChI=1S/C16H15NO3S2/c18-22(19,15-4-2-1-3-5-15)17-10-8-14-6-7-16(21-14)13-9-11-20-12-13/h1-7,9,11-12,17H,8,10H2. The molecule has 2 heterocycles. The van der Waals surface area contributed by atoms with Crippen LogP contribution < -0.4 is 4.72 Å². The van der Waals surface area contributed by atoms with Crippen molar-refractivity contribution in [2.75, 3.05) is 6.54 Å². The van der Waals surface area contributed by atoms with Crippen molar-refractivity contribution < 1.29 is 12.8 Å². The van der Waals surface area contributed by atoms with Crippen molar-refractivity contribution in [1.82, 2.24) is 4.72 Å². The number of furan rings is 1. The highest BCUT2D eigenvalue weighted by molar-refractivity contribution is 7.89. The Morgan fingerprint density at radius 1 is 1.05 bits per heavy atom. The molecule has 0 unspecified atom stereocenters. The van der Waals surface area contributed by atoms with E-state index in [1.54, 1.807) is 54.2 Å². The minimum Gasteiger partial charge on any atom is -0.472 e. The number of nitrogens with one attached hydrogen (secondary N) is 1. The highest BCUT2D eigenvalue weighted by Crippen LogP contribution is 2.28. The monoisotopic (exact) mass is 333 g/mol. The molecule has 0 saturated heterocycles. The summed E-state index contributed by atoms with van der Waals surface area (Å²) in [7, 11) is -3.43. The van der Waals surface area contributed by atoms with E-state index < -0.39 is 10.0 Å². The van der Waals surface area contributed by atoms with Crippen LogP contribution >= 0.6 is 11.3 Å². The lowest BCUT2D eigenvalue weighted by molar-refractivity contribution is 0.568. The minimum atomic E-state index is -3.43. The molecule has 6 heteroatoms. The number of sulfonamides is 1. The van der Waals surface area contributed by atoms with E-state index in [0.29, 0.717) is 17.9 Å². The maximum atomic E-state index is 12.1. The summed E-state index contributed by atoms with van der Waals surface area (Å²) in [6.07, 6.45) is 4.00. The Labute approximate surface area is 133 Å². The van der Waals surface area contributed by atoms with Crippen LogP contribution in [0.3, 0.4) is 0 Å². The van der Waals surface area contributed by atoms with Gasteiger partial charge in [0.25, 0.3) is 0 Å². The van der Waals surface area contributed by atoms with Crippen LogP contribution in [0.2, 0.25) is 0 Å². The molecule has 0 saturated carbocycles. The number of hydrogen-bond donors (Lipinski definition) is 1. The van der Waals surface area contributed by atoms with Gasteiger partial charge in [-0.3, -0.25) is 0 Å². The summed E-state index contributed by atoms with van der Waals surface area (Å²) in [5.74, 6) is 0. The average molecular weight is 333 g/mol. The quantitative estimate of drug-likeness (QED) is 0.751. The van der Waals surface area contributed by atoms with Gasteiger partial charge in [0.1, 0.15) is 0 Å². The van der Waals surface area contributed by atoms with E-state index in [2.05, 4.69) is 4.72 Å². The van der Waals surface area contributed by atoms with Crippen molar-refractivity contribution in [2.45, 2.75) is 11.3 Å². The molecule has 0 atom stereocenters. The topological polar surface area (TPSA) is 59.3 Å². The summed E-state index contributed by atoms with van der Waals surface area (Å²) in [4.78, 5) is 2.54. The molecule has 3 aromatic rings. The Morgan fingerprint density at radius 3 is 2.59 bits per heavy atom. The molecular formula is C16H15NO3S2. The van der Waals surface area contributed by atoms with Crippen molar-refractivity contribution >= 4 is 21.4 Å². The molecule has 3 rings (SSSR count). The molecule has 22 heavy (non-hydrogen) atoms. The van der Waals surface area contributed by atoms with Crippen molar-refractivity contribution in [3.8, 4) is 10.4 Å². The number of thiophene rings is 1. The van der Waals surface area contributed by atoms with Gasteiger partial charge in [0.05, 0.1) is 17.4 Å². The minimum absolute atomic E-state index is 0.292. The Morgan fingerprint density at radius 2 is 1.86 bits per heavy atom. The zero-order valence-corrected chi connectivity index (χ0v) is 13.4. The zero-order chi connectivity index (χ0) is 15.4. The molecule has 0 spiro atoms. The first kappa shape index (κ1) is 15.0. The van der Waals surface area contributed by atoms with E-state index in [1.807, 2.05) is 18.2 Å². The lowest BCUT2D eigenvalue weighted by Crippen LogP contribution is -2.25. The van der Waals surface area contributed by atoms with Crippen molar-refractivity contribution in [2.24, 2.45) is 0 Å². The van der Waals surface area contributed by atoms with E-state index in [9.17, 15) is 8.42 Å². The largest absolute Gasteiger partial charge is 0.472 e. The zero-order valence-electron chi connectivity index (χ0n) is 11.7. The Kier molecular flexibility index (Phi) is 4.42. The van der Waals surface area contributed by atoms with E-state index in [1.165, 1.54) is 0 Å². The number of benzene rings is 1. The first-order valence-corrected chi connectivity index (χ1v) is 9.11. The van der Waals surface area contributed by atoms with Gasteiger partial charge in [-0.25, -0.2) is 13.1 Å². The molecule has 114 valence electrons. The maximum Gasteiger partial charge on any atom is 0.240 e. The Hall–Kier alpha value is -1.89.